The topological polar surface area (TPSA) is 47.0 Å². The molecule has 4 nitrogen and oxygen atoms in total. The molecular formula is C22H21N3OS. The van der Waals surface area contributed by atoms with Crippen LogP contribution in [0.15, 0.2) is 60.7 Å². The van der Waals surface area contributed by atoms with E-state index in [0.29, 0.717) is 6.61 Å². The van der Waals surface area contributed by atoms with Gasteiger partial charge in [0.05, 0.1) is 12.0 Å². The lowest BCUT2D eigenvalue weighted by molar-refractivity contribution is 0.340. The van der Waals surface area contributed by atoms with Crippen LogP contribution in [-0.2, 0) is 6.42 Å². The highest BCUT2D eigenvalue weighted by Gasteiger charge is 2.13. The number of nitrogens with one attached hydrogen (secondary N) is 1. The molecule has 2 aromatic carbocycles. The summed E-state index contributed by atoms with van der Waals surface area (Å²) in [4.78, 5) is 11.9. The van der Waals surface area contributed by atoms with Crippen LogP contribution in [0.4, 0.5) is 11.5 Å². The SMILES string of the molecule is CCOc1ccc(Nc2nc(-c3ccccc3)nc3sc(CC)cc23)cc1. The maximum absolute atomic E-state index is 5.52. The molecule has 4 aromatic rings. The summed E-state index contributed by atoms with van der Waals surface area (Å²) in [6.07, 6.45) is 0.990. The molecule has 0 aliphatic heterocycles. The zero-order valence-corrected chi connectivity index (χ0v) is 16.2. The Hall–Kier alpha value is -2.92. The van der Waals surface area contributed by atoms with E-state index in [0.717, 1.165) is 45.3 Å². The van der Waals surface area contributed by atoms with Crippen LogP contribution in [0.1, 0.15) is 18.7 Å². The van der Waals surface area contributed by atoms with Gasteiger partial charge in [-0.15, -0.1) is 11.3 Å². The third-order valence-electron chi connectivity index (χ3n) is 4.25. The molecule has 0 aliphatic rings. The number of fused-ring (bicyclic) bond motifs is 1. The first-order valence-electron chi connectivity index (χ1n) is 9.12. The van der Waals surface area contributed by atoms with Crippen LogP contribution >= 0.6 is 11.3 Å². The van der Waals surface area contributed by atoms with E-state index in [4.69, 9.17) is 14.7 Å². The summed E-state index contributed by atoms with van der Waals surface area (Å²) in [5, 5.41) is 4.52. The Balaban J connectivity index is 1.76. The molecular weight excluding hydrogens is 354 g/mol. The van der Waals surface area contributed by atoms with E-state index >= 15 is 0 Å². The van der Waals surface area contributed by atoms with Gasteiger partial charge in [0.25, 0.3) is 0 Å². The molecule has 136 valence electrons. The van der Waals surface area contributed by atoms with E-state index in [2.05, 4.69) is 18.3 Å². The minimum absolute atomic E-state index is 0.661. The maximum Gasteiger partial charge on any atom is 0.163 e. The van der Waals surface area contributed by atoms with Crippen molar-refractivity contribution in [3.05, 3.63) is 65.5 Å². The Morgan fingerprint density at radius 1 is 0.963 bits per heavy atom. The number of hydrogen-bond donors (Lipinski definition) is 1. The maximum atomic E-state index is 5.52. The van der Waals surface area contributed by atoms with Gasteiger partial charge >= 0.3 is 0 Å². The fraction of sp³-hybridized carbons (Fsp3) is 0.182. The van der Waals surface area contributed by atoms with Crippen molar-refractivity contribution in [1.82, 2.24) is 9.97 Å². The first-order valence-corrected chi connectivity index (χ1v) is 9.94. The lowest BCUT2D eigenvalue weighted by Crippen LogP contribution is -1.98. The Morgan fingerprint density at radius 2 is 1.74 bits per heavy atom. The first-order chi connectivity index (χ1) is 13.3. The van der Waals surface area contributed by atoms with Gasteiger partial charge in [-0.3, -0.25) is 0 Å². The van der Waals surface area contributed by atoms with Gasteiger partial charge < -0.3 is 10.1 Å². The van der Waals surface area contributed by atoms with Crippen LogP contribution < -0.4 is 10.1 Å². The number of rotatable bonds is 6. The molecule has 0 saturated heterocycles. The average molecular weight is 375 g/mol. The van der Waals surface area contributed by atoms with Crippen LogP contribution in [0.2, 0.25) is 0 Å². The monoisotopic (exact) mass is 375 g/mol. The van der Waals surface area contributed by atoms with Crippen LogP contribution in [0.25, 0.3) is 21.6 Å². The molecule has 4 rings (SSSR count). The molecule has 0 unspecified atom stereocenters. The third kappa shape index (κ3) is 3.78. The average Bonchev–Trinajstić information content (AvgIpc) is 3.14. The summed E-state index contributed by atoms with van der Waals surface area (Å²) in [7, 11) is 0. The molecule has 0 spiro atoms. The van der Waals surface area contributed by atoms with Gasteiger partial charge in [-0.1, -0.05) is 37.3 Å². The number of hydrogen-bond acceptors (Lipinski definition) is 5. The highest BCUT2D eigenvalue weighted by atomic mass is 32.1. The molecule has 0 radical (unpaired) electrons. The largest absolute Gasteiger partial charge is 0.494 e. The van der Waals surface area contributed by atoms with E-state index in [9.17, 15) is 0 Å². The predicted molar refractivity (Wildman–Crippen MR) is 113 cm³/mol. The Labute approximate surface area is 162 Å². The van der Waals surface area contributed by atoms with Crippen LogP contribution in [0.5, 0.6) is 5.75 Å². The van der Waals surface area contributed by atoms with Crippen molar-refractivity contribution in [2.24, 2.45) is 0 Å². The van der Waals surface area contributed by atoms with Crippen LogP contribution in [0, 0.1) is 0 Å². The Morgan fingerprint density at radius 3 is 2.44 bits per heavy atom. The minimum atomic E-state index is 0.661. The zero-order chi connectivity index (χ0) is 18.6. The van der Waals surface area contributed by atoms with Gasteiger partial charge in [-0.25, -0.2) is 9.97 Å². The number of aryl methyl sites for hydroxylation is 1. The minimum Gasteiger partial charge on any atom is -0.494 e. The van der Waals surface area contributed by atoms with Gasteiger partial charge in [0.1, 0.15) is 16.4 Å². The van der Waals surface area contributed by atoms with Gasteiger partial charge in [0, 0.05) is 16.1 Å². The molecule has 0 bridgehead atoms. The summed E-state index contributed by atoms with van der Waals surface area (Å²) in [5.74, 6) is 2.43. The molecule has 27 heavy (non-hydrogen) atoms. The summed E-state index contributed by atoms with van der Waals surface area (Å²) in [5.41, 5.74) is 1.99. The van der Waals surface area contributed by atoms with Crippen molar-refractivity contribution in [2.75, 3.05) is 11.9 Å². The Bertz CT molecular complexity index is 1040. The second-order valence-corrected chi connectivity index (χ2v) is 7.24. The second kappa shape index (κ2) is 7.76. The van der Waals surface area contributed by atoms with Crippen molar-refractivity contribution in [1.29, 1.82) is 0 Å². The normalized spacial score (nSPS) is 10.9. The van der Waals surface area contributed by atoms with Gasteiger partial charge in [-0.05, 0) is 43.7 Å². The van der Waals surface area contributed by atoms with E-state index in [1.165, 1.54) is 4.88 Å². The second-order valence-electron chi connectivity index (χ2n) is 6.13. The van der Waals surface area contributed by atoms with E-state index < -0.39 is 0 Å². The van der Waals surface area contributed by atoms with Gasteiger partial charge in [0.15, 0.2) is 5.82 Å². The molecule has 0 aliphatic carbocycles. The standard InChI is InChI=1S/C22H21N3OS/c1-3-18-14-19-21(23-16-10-12-17(13-11-16)26-4-2)24-20(25-22(19)27-18)15-8-6-5-7-9-15/h5-14H,3-4H2,1-2H3,(H,23,24,25). The highest BCUT2D eigenvalue weighted by Crippen LogP contribution is 2.33. The molecule has 0 atom stereocenters. The fourth-order valence-electron chi connectivity index (χ4n) is 2.90. The van der Waals surface area contributed by atoms with Crippen molar-refractivity contribution < 1.29 is 4.74 Å². The van der Waals surface area contributed by atoms with Gasteiger partial charge in [0.2, 0.25) is 0 Å². The lowest BCUT2D eigenvalue weighted by atomic mass is 10.2. The summed E-state index contributed by atoms with van der Waals surface area (Å²) in [6, 6.07) is 20.2. The van der Waals surface area contributed by atoms with E-state index in [1.54, 1.807) is 11.3 Å². The summed E-state index contributed by atoms with van der Waals surface area (Å²) < 4.78 is 5.52. The zero-order valence-electron chi connectivity index (χ0n) is 15.4. The van der Waals surface area contributed by atoms with E-state index in [1.807, 2.05) is 61.5 Å². The molecule has 1 N–H and O–H groups in total. The van der Waals surface area contributed by atoms with Crippen molar-refractivity contribution >= 4 is 33.1 Å². The van der Waals surface area contributed by atoms with Crippen LogP contribution in [-0.4, -0.2) is 16.6 Å². The van der Waals surface area contributed by atoms with Crippen molar-refractivity contribution in [2.45, 2.75) is 20.3 Å². The number of ether oxygens (including phenoxy) is 1. The molecule has 0 saturated carbocycles. The quantitative estimate of drug-likeness (QED) is 0.445. The molecule has 0 amide bonds. The molecule has 2 heterocycles. The Kier molecular flexibility index (Phi) is 5.03. The number of nitrogens with zero attached hydrogens (tertiary/aromatic N) is 2. The van der Waals surface area contributed by atoms with E-state index in [-0.39, 0.29) is 0 Å². The number of thiophene rings is 1. The van der Waals surface area contributed by atoms with Crippen molar-refractivity contribution in [3.63, 3.8) is 0 Å². The smallest absolute Gasteiger partial charge is 0.163 e. The third-order valence-corrected chi connectivity index (χ3v) is 5.43. The lowest BCUT2D eigenvalue weighted by Gasteiger charge is -2.10. The molecule has 5 heteroatoms. The van der Waals surface area contributed by atoms with Crippen LogP contribution in [0.3, 0.4) is 0 Å². The summed E-state index contributed by atoms with van der Waals surface area (Å²) in [6.45, 7) is 4.81. The predicted octanol–water partition coefficient (Wildman–Crippen LogP) is 6.06. The fourth-order valence-corrected chi connectivity index (χ4v) is 3.86. The molecule has 2 aromatic heterocycles. The van der Waals surface area contributed by atoms with Crippen molar-refractivity contribution in [3.8, 4) is 17.1 Å². The molecule has 0 fully saturated rings. The number of anilines is 2. The number of benzene rings is 2. The number of aromatic nitrogens is 2. The summed E-state index contributed by atoms with van der Waals surface area (Å²) >= 11 is 1.73. The highest BCUT2D eigenvalue weighted by molar-refractivity contribution is 7.18. The first kappa shape index (κ1) is 17.5. The van der Waals surface area contributed by atoms with Gasteiger partial charge in [-0.2, -0.15) is 0 Å².